The number of likely N-dealkylation sites (tertiary alicyclic amines) is 1. The van der Waals surface area contributed by atoms with Crippen molar-refractivity contribution >= 4 is 23.4 Å². The van der Waals surface area contributed by atoms with Crippen LogP contribution in [0.2, 0.25) is 0 Å². The van der Waals surface area contributed by atoms with E-state index in [1.54, 1.807) is 4.52 Å². The number of aromatic nitrogens is 4. The standard InChI is InChI=1S/C15H21N5OS/c1-11-9-12(2)20-14(16-11)17-15(18-20)22-10-13(21)19-7-5-3-4-6-8-19/h9H,3-8,10H2,1-2H3. The van der Waals surface area contributed by atoms with Gasteiger partial charge in [-0.25, -0.2) is 9.50 Å². The third kappa shape index (κ3) is 3.40. The number of nitrogens with zero attached hydrogens (tertiary/aromatic N) is 5. The van der Waals surface area contributed by atoms with Crippen LogP contribution in [0.5, 0.6) is 0 Å². The van der Waals surface area contributed by atoms with Crippen LogP contribution >= 0.6 is 11.8 Å². The smallest absolute Gasteiger partial charge is 0.253 e. The Morgan fingerprint density at radius 2 is 1.91 bits per heavy atom. The third-order valence-electron chi connectivity index (χ3n) is 3.88. The van der Waals surface area contributed by atoms with Crippen LogP contribution in [0.1, 0.15) is 37.1 Å². The van der Waals surface area contributed by atoms with E-state index in [1.807, 2.05) is 24.8 Å². The van der Waals surface area contributed by atoms with Crippen molar-refractivity contribution in [2.24, 2.45) is 0 Å². The number of thioether (sulfide) groups is 1. The molecule has 0 aromatic carbocycles. The van der Waals surface area contributed by atoms with Gasteiger partial charge < -0.3 is 4.90 Å². The molecule has 3 heterocycles. The molecule has 0 saturated carbocycles. The maximum absolute atomic E-state index is 12.3. The van der Waals surface area contributed by atoms with Crippen molar-refractivity contribution in [1.82, 2.24) is 24.5 Å². The minimum Gasteiger partial charge on any atom is -0.342 e. The van der Waals surface area contributed by atoms with E-state index in [0.717, 1.165) is 37.3 Å². The molecule has 2 aromatic heterocycles. The summed E-state index contributed by atoms with van der Waals surface area (Å²) in [5.41, 5.74) is 1.93. The van der Waals surface area contributed by atoms with Gasteiger partial charge in [-0.05, 0) is 32.8 Å². The first-order valence-electron chi connectivity index (χ1n) is 7.75. The van der Waals surface area contributed by atoms with Crippen molar-refractivity contribution in [3.63, 3.8) is 0 Å². The minimum absolute atomic E-state index is 0.187. The van der Waals surface area contributed by atoms with Crippen molar-refractivity contribution in [2.75, 3.05) is 18.8 Å². The van der Waals surface area contributed by atoms with Crippen molar-refractivity contribution < 1.29 is 4.79 Å². The number of aryl methyl sites for hydroxylation is 2. The molecular formula is C15H21N5OS. The van der Waals surface area contributed by atoms with Gasteiger partial charge in [0.2, 0.25) is 11.1 Å². The van der Waals surface area contributed by atoms with Crippen LogP contribution in [-0.4, -0.2) is 49.2 Å². The Labute approximate surface area is 134 Å². The zero-order chi connectivity index (χ0) is 15.5. The summed E-state index contributed by atoms with van der Waals surface area (Å²) in [6, 6.07) is 1.97. The zero-order valence-electron chi connectivity index (χ0n) is 13.1. The molecule has 2 aromatic rings. The molecule has 1 fully saturated rings. The van der Waals surface area contributed by atoms with Crippen LogP contribution in [0.15, 0.2) is 11.2 Å². The van der Waals surface area contributed by atoms with Crippen molar-refractivity contribution in [2.45, 2.75) is 44.7 Å². The number of hydrogen-bond donors (Lipinski definition) is 0. The molecule has 1 aliphatic rings. The quantitative estimate of drug-likeness (QED) is 0.812. The predicted octanol–water partition coefficient (Wildman–Crippen LogP) is 2.24. The summed E-state index contributed by atoms with van der Waals surface area (Å²) < 4.78 is 1.73. The fraction of sp³-hybridized carbons (Fsp3) is 0.600. The Morgan fingerprint density at radius 3 is 2.64 bits per heavy atom. The normalized spacial score (nSPS) is 16.0. The molecule has 0 radical (unpaired) electrons. The second-order valence-electron chi connectivity index (χ2n) is 5.73. The molecule has 0 N–H and O–H groups in total. The van der Waals surface area contributed by atoms with Crippen molar-refractivity contribution in [3.05, 3.63) is 17.5 Å². The lowest BCUT2D eigenvalue weighted by atomic mass is 10.2. The van der Waals surface area contributed by atoms with Gasteiger partial charge in [0.05, 0.1) is 5.75 Å². The summed E-state index contributed by atoms with van der Waals surface area (Å²) in [6.45, 7) is 5.69. The average molecular weight is 319 g/mol. The van der Waals surface area contributed by atoms with Gasteiger partial charge in [-0.1, -0.05) is 24.6 Å². The van der Waals surface area contributed by atoms with Gasteiger partial charge in [-0.15, -0.1) is 5.10 Å². The van der Waals surface area contributed by atoms with Crippen LogP contribution in [0.3, 0.4) is 0 Å². The van der Waals surface area contributed by atoms with Gasteiger partial charge >= 0.3 is 0 Å². The van der Waals surface area contributed by atoms with Crippen LogP contribution in [0, 0.1) is 13.8 Å². The largest absolute Gasteiger partial charge is 0.342 e. The first-order chi connectivity index (χ1) is 10.6. The molecule has 1 amide bonds. The first kappa shape index (κ1) is 15.3. The van der Waals surface area contributed by atoms with Crippen molar-refractivity contribution in [1.29, 1.82) is 0 Å². The van der Waals surface area contributed by atoms with E-state index in [9.17, 15) is 4.79 Å². The minimum atomic E-state index is 0.187. The first-order valence-corrected chi connectivity index (χ1v) is 8.73. The van der Waals surface area contributed by atoms with Gasteiger partial charge in [0.15, 0.2) is 0 Å². The molecule has 0 spiro atoms. The van der Waals surface area contributed by atoms with Gasteiger partial charge in [0.25, 0.3) is 5.78 Å². The van der Waals surface area contributed by atoms with Gasteiger partial charge in [0, 0.05) is 24.5 Å². The monoisotopic (exact) mass is 319 g/mol. The predicted molar refractivity (Wildman–Crippen MR) is 86.0 cm³/mol. The number of fused-ring (bicyclic) bond motifs is 1. The van der Waals surface area contributed by atoms with Crippen LogP contribution in [0.25, 0.3) is 5.78 Å². The topological polar surface area (TPSA) is 63.4 Å². The summed E-state index contributed by atoms with van der Waals surface area (Å²) in [5.74, 6) is 1.18. The second-order valence-corrected chi connectivity index (χ2v) is 6.67. The van der Waals surface area contributed by atoms with E-state index >= 15 is 0 Å². The van der Waals surface area contributed by atoms with E-state index in [1.165, 1.54) is 24.6 Å². The Hall–Kier alpha value is -1.63. The number of carbonyl (C=O) groups is 1. The van der Waals surface area contributed by atoms with Gasteiger partial charge in [0.1, 0.15) is 0 Å². The van der Waals surface area contributed by atoms with Gasteiger partial charge in [-0.3, -0.25) is 4.79 Å². The molecule has 0 unspecified atom stereocenters. The highest BCUT2D eigenvalue weighted by molar-refractivity contribution is 7.99. The molecule has 22 heavy (non-hydrogen) atoms. The Kier molecular flexibility index (Phi) is 4.61. The fourth-order valence-corrected chi connectivity index (χ4v) is 3.47. The molecule has 6 nitrogen and oxygen atoms in total. The lowest BCUT2D eigenvalue weighted by molar-refractivity contribution is -0.128. The lowest BCUT2D eigenvalue weighted by Crippen LogP contribution is -2.33. The molecule has 3 rings (SSSR count). The van der Waals surface area contributed by atoms with E-state index in [-0.39, 0.29) is 5.91 Å². The maximum Gasteiger partial charge on any atom is 0.253 e. The lowest BCUT2D eigenvalue weighted by Gasteiger charge is -2.19. The summed E-state index contributed by atoms with van der Waals surface area (Å²) >= 11 is 1.40. The highest BCUT2D eigenvalue weighted by Gasteiger charge is 2.17. The summed E-state index contributed by atoms with van der Waals surface area (Å²) in [5, 5.41) is 5.04. The highest BCUT2D eigenvalue weighted by Crippen LogP contribution is 2.17. The number of amides is 1. The Balaban J connectivity index is 1.66. The average Bonchev–Trinajstić information content (AvgIpc) is 2.71. The molecule has 118 valence electrons. The van der Waals surface area contributed by atoms with E-state index < -0.39 is 0 Å². The fourth-order valence-electron chi connectivity index (χ4n) is 2.75. The molecule has 0 atom stereocenters. The maximum atomic E-state index is 12.3. The van der Waals surface area contributed by atoms with E-state index in [4.69, 9.17) is 0 Å². The highest BCUT2D eigenvalue weighted by atomic mass is 32.2. The molecule has 7 heteroatoms. The Bertz CT molecular complexity index is 676. The van der Waals surface area contributed by atoms with Crippen LogP contribution in [0.4, 0.5) is 0 Å². The third-order valence-corrected chi connectivity index (χ3v) is 4.70. The Morgan fingerprint density at radius 1 is 1.18 bits per heavy atom. The van der Waals surface area contributed by atoms with Crippen LogP contribution in [-0.2, 0) is 4.79 Å². The van der Waals surface area contributed by atoms with Crippen molar-refractivity contribution in [3.8, 4) is 0 Å². The number of hydrogen-bond acceptors (Lipinski definition) is 5. The molecule has 1 saturated heterocycles. The second kappa shape index (κ2) is 6.64. The number of carbonyl (C=O) groups excluding carboxylic acids is 1. The SMILES string of the molecule is Cc1cc(C)n2nc(SCC(=O)N3CCCCCC3)nc2n1. The summed E-state index contributed by atoms with van der Waals surface area (Å²) in [7, 11) is 0. The summed E-state index contributed by atoms with van der Waals surface area (Å²) in [6.07, 6.45) is 4.70. The molecule has 1 aliphatic heterocycles. The van der Waals surface area contributed by atoms with E-state index in [0.29, 0.717) is 16.7 Å². The molecule has 0 bridgehead atoms. The van der Waals surface area contributed by atoms with Gasteiger partial charge in [-0.2, -0.15) is 4.98 Å². The number of rotatable bonds is 3. The zero-order valence-corrected chi connectivity index (χ0v) is 13.9. The summed E-state index contributed by atoms with van der Waals surface area (Å²) in [4.78, 5) is 23.0. The van der Waals surface area contributed by atoms with E-state index in [2.05, 4.69) is 15.1 Å². The molecule has 0 aliphatic carbocycles. The van der Waals surface area contributed by atoms with Crippen LogP contribution < -0.4 is 0 Å². The molecular weight excluding hydrogens is 298 g/mol.